The van der Waals surface area contributed by atoms with Gasteiger partial charge in [0.2, 0.25) is 0 Å². The Balaban J connectivity index is 2.18. The minimum absolute atomic E-state index is 0.125. The molecule has 3 rings (SSSR count). The summed E-state index contributed by atoms with van der Waals surface area (Å²) in [7, 11) is 0. The molecule has 19 heavy (non-hydrogen) atoms. The van der Waals surface area contributed by atoms with E-state index >= 15 is 0 Å². The first-order chi connectivity index (χ1) is 9.15. The molecule has 0 aliphatic rings. The second-order valence-electron chi connectivity index (χ2n) is 4.30. The quantitative estimate of drug-likeness (QED) is 0.728. The van der Waals surface area contributed by atoms with Gasteiger partial charge in [0.25, 0.3) is 5.56 Å². The Hall–Kier alpha value is -2.21. The Kier molecular flexibility index (Phi) is 2.79. The third kappa shape index (κ3) is 2.10. The maximum absolute atomic E-state index is 12.4. The van der Waals surface area contributed by atoms with Crippen molar-refractivity contribution < 1.29 is 4.52 Å². The Morgan fingerprint density at radius 1 is 1.42 bits per heavy atom. The van der Waals surface area contributed by atoms with Gasteiger partial charge in [0.05, 0.1) is 17.4 Å². The average Bonchev–Trinajstić information content (AvgIpc) is 2.80. The smallest absolute Gasteiger partial charge is 0.262 e. The molecule has 0 spiro atoms. The summed E-state index contributed by atoms with van der Waals surface area (Å²) in [5.74, 6) is 0.707. The van der Waals surface area contributed by atoms with Crippen LogP contribution in [0.25, 0.3) is 10.9 Å². The molecule has 0 saturated heterocycles. The second-order valence-corrected chi connectivity index (χ2v) is 4.68. The van der Waals surface area contributed by atoms with Crippen LogP contribution < -0.4 is 5.56 Å². The minimum Gasteiger partial charge on any atom is -0.361 e. The Bertz CT molecular complexity index is 860. The summed E-state index contributed by atoms with van der Waals surface area (Å²) in [5.41, 5.74) is 1.29. The van der Waals surface area contributed by atoms with Crippen molar-refractivity contribution in [3.63, 3.8) is 0 Å². The van der Waals surface area contributed by atoms with Gasteiger partial charge in [0, 0.05) is 6.07 Å². The zero-order chi connectivity index (χ0) is 13.4. The Morgan fingerprint density at radius 3 is 2.95 bits per heavy atom. The normalized spacial score (nSPS) is 11.0. The molecule has 6 heteroatoms. The van der Waals surface area contributed by atoms with E-state index in [1.54, 1.807) is 19.1 Å². The van der Waals surface area contributed by atoms with E-state index in [2.05, 4.69) is 10.1 Å². The van der Waals surface area contributed by atoms with Crippen LogP contribution in [0.2, 0.25) is 0 Å². The molecule has 0 aliphatic heterocycles. The molecule has 0 saturated carbocycles. The fourth-order valence-corrected chi connectivity index (χ4v) is 2.25. The van der Waals surface area contributed by atoms with Gasteiger partial charge in [-0.05, 0) is 31.3 Å². The molecule has 2 heterocycles. The second kappa shape index (κ2) is 4.47. The predicted octanol–water partition coefficient (Wildman–Crippen LogP) is 2.40. The largest absolute Gasteiger partial charge is 0.361 e. The number of para-hydroxylation sites is 1. The molecule has 0 fully saturated rings. The van der Waals surface area contributed by atoms with Crippen LogP contribution in [-0.4, -0.2) is 14.7 Å². The van der Waals surface area contributed by atoms with Crippen molar-refractivity contribution in [3.8, 4) is 0 Å². The van der Waals surface area contributed by atoms with Crippen molar-refractivity contribution in [1.82, 2.24) is 14.7 Å². The summed E-state index contributed by atoms with van der Waals surface area (Å²) in [6.07, 6.45) is 0. The van der Waals surface area contributed by atoms with Gasteiger partial charge >= 0.3 is 0 Å². The molecular formula is C13H11N3O2S. The van der Waals surface area contributed by atoms with Crippen LogP contribution in [0, 0.1) is 11.7 Å². The number of nitrogens with one attached hydrogen (secondary N) is 1. The molecule has 0 amide bonds. The number of rotatable bonds is 2. The number of aryl methyl sites for hydroxylation is 1. The molecule has 1 N–H and O–H groups in total. The number of hydrogen-bond acceptors (Lipinski definition) is 4. The number of fused-ring (bicyclic) bond motifs is 1. The monoisotopic (exact) mass is 273 g/mol. The van der Waals surface area contributed by atoms with Gasteiger partial charge in [-0.15, -0.1) is 0 Å². The van der Waals surface area contributed by atoms with E-state index in [1.807, 2.05) is 18.2 Å². The number of nitrogens with zero attached hydrogens (tertiary/aromatic N) is 2. The van der Waals surface area contributed by atoms with Gasteiger partial charge in [-0.3, -0.25) is 9.36 Å². The van der Waals surface area contributed by atoms with E-state index < -0.39 is 0 Å². The zero-order valence-corrected chi connectivity index (χ0v) is 11.0. The SMILES string of the molecule is Cc1cc(Cn2c(=S)[nH]c3ccccc3c2=O)no1. The summed E-state index contributed by atoms with van der Waals surface area (Å²) in [4.78, 5) is 15.4. The highest BCUT2D eigenvalue weighted by molar-refractivity contribution is 7.71. The van der Waals surface area contributed by atoms with Gasteiger partial charge in [0.15, 0.2) is 4.77 Å². The predicted molar refractivity (Wildman–Crippen MR) is 73.7 cm³/mol. The highest BCUT2D eigenvalue weighted by atomic mass is 32.1. The van der Waals surface area contributed by atoms with E-state index in [-0.39, 0.29) is 5.56 Å². The summed E-state index contributed by atoms with van der Waals surface area (Å²) < 4.78 is 6.85. The summed E-state index contributed by atoms with van der Waals surface area (Å²) >= 11 is 5.22. The third-order valence-corrected chi connectivity index (χ3v) is 3.21. The first-order valence-corrected chi connectivity index (χ1v) is 6.20. The lowest BCUT2D eigenvalue weighted by Crippen LogP contribution is -2.22. The number of H-pyrrole nitrogens is 1. The van der Waals surface area contributed by atoms with Crippen LogP contribution >= 0.6 is 12.2 Å². The first kappa shape index (κ1) is 11.9. The minimum atomic E-state index is -0.125. The Labute approximate surface area is 113 Å². The molecule has 0 atom stereocenters. The Morgan fingerprint density at radius 2 is 2.21 bits per heavy atom. The number of hydrogen-bond donors (Lipinski definition) is 1. The summed E-state index contributed by atoms with van der Waals surface area (Å²) in [6, 6.07) is 9.07. The van der Waals surface area contributed by atoms with Gasteiger partial charge in [-0.2, -0.15) is 0 Å². The average molecular weight is 273 g/mol. The van der Waals surface area contributed by atoms with Crippen LogP contribution in [0.1, 0.15) is 11.5 Å². The molecule has 0 radical (unpaired) electrons. The molecule has 0 aliphatic carbocycles. The van der Waals surface area contributed by atoms with Crippen LogP contribution in [0.4, 0.5) is 0 Å². The van der Waals surface area contributed by atoms with Crippen molar-refractivity contribution in [2.24, 2.45) is 0 Å². The topological polar surface area (TPSA) is 63.8 Å². The molecule has 0 unspecified atom stereocenters. The number of aromatic nitrogens is 3. The molecule has 5 nitrogen and oxygen atoms in total. The molecule has 96 valence electrons. The third-order valence-electron chi connectivity index (χ3n) is 2.89. The van der Waals surface area contributed by atoms with Gasteiger partial charge < -0.3 is 9.51 Å². The number of aromatic amines is 1. The fraction of sp³-hybridized carbons (Fsp3) is 0.154. The van der Waals surface area contributed by atoms with Crippen molar-refractivity contribution in [2.45, 2.75) is 13.5 Å². The van der Waals surface area contributed by atoms with Gasteiger partial charge in [-0.25, -0.2) is 0 Å². The first-order valence-electron chi connectivity index (χ1n) is 5.79. The lowest BCUT2D eigenvalue weighted by atomic mass is 10.2. The standard InChI is InChI=1S/C13H11N3O2S/c1-8-6-9(15-18-8)7-16-12(17)10-4-2-3-5-11(10)14-13(16)19/h2-6H,7H2,1H3,(H,14,19). The van der Waals surface area contributed by atoms with Crippen molar-refractivity contribution in [3.05, 3.63) is 56.9 Å². The number of benzene rings is 1. The van der Waals surface area contributed by atoms with E-state index in [9.17, 15) is 4.79 Å². The van der Waals surface area contributed by atoms with E-state index in [4.69, 9.17) is 16.7 Å². The molecule has 3 aromatic rings. The maximum Gasteiger partial charge on any atom is 0.262 e. The van der Waals surface area contributed by atoms with Crippen molar-refractivity contribution in [1.29, 1.82) is 0 Å². The van der Waals surface area contributed by atoms with Crippen LogP contribution in [0.5, 0.6) is 0 Å². The van der Waals surface area contributed by atoms with Crippen LogP contribution in [0.3, 0.4) is 0 Å². The van der Waals surface area contributed by atoms with Crippen molar-refractivity contribution >= 4 is 23.1 Å². The summed E-state index contributed by atoms with van der Waals surface area (Å²) in [5, 5.41) is 4.49. The van der Waals surface area contributed by atoms with Gasteiger partial charge in [0.1, 0.15) is 11.5 Å². The van der Waals surface area contributed by atoms with Crippen LogP contribution in [-0.2, 0) is 6.54 Å². The molecule has 1 aromatic carbocycles. The zero-order valence-electron chi connectivity index (χ0n) is 10.2. The van der Waals surface area contributed by atoms with E-state index in [0.29, 0.717) is 28.2 Å². The molecule has 0 bridgehead atoms. The van der Waals surface area contributed by atoms with Crippen LogP contribution in [0.15, 0.2) is 39.6 Å². The highest BCUT2D eigenvalue weighted by Gasteiger charge is 2.08. The maximum atomic E-state index is 12.4. The summed E-state index contributed by atoms with van der Waals surface area (Å²) in [6.45, 7) is 2.11. The fourth-order valence-electron chi connectivity index (χ4n) is 2.00. The van der Waals surface area contributed by atoms with Gasteiger partial charge in [-0.1, -0.05) is 17.3 Å². The lowest BCUT2D eigenvalue weighted by molar-refractivity contribution is 0.388. The highest BCUT2D eigenvalue weighted by Crippen LogP contribution is 2.08. The van der Waals surface area contributed by atoms with E-state index in [0.717, 1.165) is 5.52 Å². The molecule has 2 aromatic heterocycles. The molecular weight excluding hydrogens is 262 g/mol. The van der Waals surface area contributed by atoms with E-state index in [1.165, 1.54) is 4.57 Å². The lowest BCUT2D eigenvalue weighted by Gasteiger charge is -2.05. The van der Waals surface area contributed by atoms with Crippen molar-refractivity contribution in [2.75, 3.05) is 0 Å².